The molecule has 1 aliphatic rings. The van der Waals surface area contributed by atoms with E-state index in [0.717, 1.165) is 0 Å². The molecule has 1 rings (SSSR count). The second-order valence-corrected chi connectivity index (χ2v) is 4.66. The third-order valence-electron chi connectivity index (χ3n) is 0.287. The molecule has 0 aromatic carbocycles. The zero-order valence-corrected chi connectivity index (χ0v) is 6.57. The molecule has 1 aliphatic heterocycles. The fraction of sp³-hybridized carbons (Fsp3) is 0. The van der Waals surface area contributed by atoms with Crippen LogP contribution in [0.5, 0.6) is 0 Å². The van der Waals surface area contributed by atoms with Gasteiger partial charge < -0.3 is 0 Å². The van der Waals surface area contributed by atoms with E-state index in [9.17, 15) is 0 Å². The van der Waals surface area contributed by atoms with E-state index in [2.05, 4.69) is 10.9 Å². The van der Waals surface area contributed by atoms with Crippen LogP contribution in [0, 0.1) is 0 Å². The first-order valence-corrected chi connectivity index (χ1v) is 4.67. The Kier molecular flexibility index (Phi) is 1.84. The van der Waals surface area contributed by atoms with E-state index in [1.54, 1.807) is 6.34 Å². The predicted molar refractivity (Wildman–Crippen MR) is 27.6 cm³/mol. The molecule has 0 spiro atoms. The molecule has 0 fully saturated rings. The van der Waals surface area contributed by atoms with Gasteiger partial charge in [0.25, 0.3) is 0 Å². The predicted octanol–water partition coefficient (Wildman–Crippen LogP) is -0.902. The van der Waals surface area contributed by atoms with Crippen LogP contribution in [-0.2, 0) is 0 Å². The quantitative estimate of drug-likeness (QED) is 0.469. The van der Waals surface area contributed by atoms with Crippen molar-refractivity contribution in [2.75, 3.05) is 0 Å². The Morgan fingerprint density at radius 3 is 2.50 bits per heavy atom. The van der Waals surface area contributed by atoms with Gasteiger partial charge in [0.2, 0.25) is 0 Å². The van der Waals surface area contributed by atoms with Gasteiger partial charge in [-0.05, 0) is 0 Å². The number of nitrogens with zero attached hydrogens (tertiary/aromatic N) is 3. The van der Waals surface area contributed by atoms with E-state index >= 15 is 0 Å². The van der Waals surface area contributed by atoms with Gasteiger partial charge in [0, 0.05) is 0 Å². The van der Waals surface area contributed by atoms with Gasteiger partial charge in [-0.25, -0.2) is 0 Å². The summed E-state index contributed by atoms with van der Waals surface area (Å²) in [7, 11) is 0. The standard InChI is InChI=1S/CH3N3Se2/c1-2-5-4-6-3-1/h1,5-6H. The van der Waals surface area contributed by atoms with Crippen LogP contribution in [0.4, 0.5) is 0 Å². The molecule has 0 unspecified atom stereocenters. The van der Waals surface area contributed by atoms with Crippen molar-refractivity contribution in [3.8, 4) is 0 Å². The first kappa shape index (κ1) is 4.47. The number of hydrogen-bond acceptors (Lipinski definition) is 3. The Bertz CT molecular complexity index is 78.2. The van der Waals surface area contributed by atoms with Gasteiger partial charge in [0.1, 0.15) is 0 Å². The van der Waals surface area contributed by atoms with E-state index in [-0.39, 0.29) is 30.0 Å². The Labute approximate surface area is 47.6 Å². The fourth-order valence-electron chi connectivity index (χ4n) is 0.133. The summed E-state index contributed by atoms with van der Waals surface area (Å²) in [4.78, 5) is 0. The maximum atomic E-state index is 4.00. The van der Waals surface area contributed by atoms with Crippen molar-refractivity contribution in [2.24, 2.45) is 10.9 Å². The van der Waals surface area contributed by atoms with Crippen LogP contribution in [0.3, 0.4) is 0 Å². The molecule has 0 aliphatic carbocycles. The second kappa shape index (κ2) is 2.48. The summed E-state index contributed by atoms with van der Waals surface area (Å²) in [6, 6.07) is 0. The average molecular weight is 215 g/mol. The number of hydrogen-bond donors (Lipinski definition) is 0. The van der Waals surface area contributed by atoms with Crippen molar-refractivity contribution in [2.45, 2.75) is 0 Å². The first-order chi connectivity index (χ1) is 3.00. The van der Waals surface area contributed by atoms with Crippen LogP contribution < -0.4 is 0 Å². The first-order valence-electron chi connectivity index (χ1n) is 1.32. The molecule has 0 atom stereocenters. The fourth-order valence-corrected chi connectivity index (χ4v) is 2.59. The van der Waals surface area contributed by atoms with Gasteiger partial charge >= 0.3 is 47.2 Å². The molecule has 34 valence electrons. The molecule has 0 amide bonds. The summed E-state index contributed by atoms with van der Waals surface area (Å²) in [6.45, 7) is 0. The third-order valence-corrected chi connectivity index (χ3v) is 3.23. The molecule has 0 aromatic rings. The monoisotopic (exact) mass is 217 g/mol. The van der Waals surface area contributed by atoms with Gasteiger partial charge in [-0.1, -0.05) is 0 Å². The summed E-state index contributed by atoms with van der Waals surface area (Å²) in [5.74, 6) is 0. The molecule has 6 heavy (non-hydrogen) atoms. The van der Waals surface area contributed by atoms with E-state index in [0.29, 0.717) is 0 Å². The van der Waals surface area contributed by atoms with Crippen molar-refractivity contribution in [3.05, 3.63) is 0 Å². The minimum atomic E-state index is -0.0269. The van der Waals surface area contributed by atoms with Crippen molar-refractivity contribution in [3.63, 3.8) is 0 Å². The summed E-state index contributed by atoms with van der Waals surface area (Å²) >= 11 is -0.0538. The van der Waals surface area contributed by atoms with E-state index in [1.165, 1.54) is 0 Å². The maximum absolute atomic E-state index is 4.00. The molecule has 0 aromatic heterocycles. The molecule has 0 saturated heterocycles. The van der Waals surface area contributed by atoms with E-state index in [4.69, 9.17) is 0 Å². The van der Waals surface area contributed by atoms with Gasteiger partial charge in [-0.3, -0.25) is 0 Å². The molecule has 0 bridgehead atoms. The van der Waals surface area contributed by atoms with Crippen LogP contribution in [0.15, 0.2) is 10.9 Å². The summed E-state index contributed by atoms with van der Waals surface area (Å²) in [5, 5.41) is 0. The van der Waals surface area contributed by atoms with Gasteiger partial charge in [0.05, 0.1) is 0 Å². The van der Waals surface area contributed by atoms with Crippen molar-refractivity contribution >= 4 is 36.3 Å². The molecule has 3 nitrogen and oxygen atoms in total. The number of rotatable bonds is 0. The molecule has 0 saturated carbocycles. The van der Waals surface area contributed by atoms with Gasteiger partial charge in [-0.15, -0.1) is 0 Å². The van der Waals surface area contributed by atoms with Gasteiger partial charge in [-0.2, -0.15) is 0 Å². The Morgan fingerprint density at radius 1 is 1.33 bits per heavy atom. The molecule has 0 N–H and O–H groups in total. The van der Waals surface area contributed by atoms with Crippen LogP contribution >= 0.6 is 0 Å². The zero-order valence-electron chi connectivity index (χ0n) is 2.81. The van der Waals surface area contributed by atoms with Crippen LogP contribution in [0.2, 0.25) is 0 Å². The second-order valence-electron chi connectivity index (χ2n) is 0.615. The Morgan fingerprint density at radius 2 is 2.33 bits per heavy atom. The van der Waals surface area contributed by atoms with Crippen LogP contribution in [-0.4, -0.2) is 36.3 Å². The summed E-state index contributed by atoms with van der Waals surface area (Å²) in [5.41, 5.74) is 0. The van der Waals surface area contributed by atoms with Gasteiger partial charge in [0.15, 0.2) is 0 Å². The van der Waals surface area contributed by atoms with Crippen LogP contribution in [0.1, 0.15) is 0 Å². The van der Waals surface area contributed by atoms with Crippen molar-refractivity contribution in [1.29, 1.82) is 0 Å². The Hall–Kier alpha value is 0.309. The van der Waals surface area contributed by atoms with E-state index < -0.39 is 0 Å². The minimum absolute atomic E-state index is 0.0269. The van der Waals surface area contributed by atoms with Crippen molar-refractivity contribution < 1.29 is 0 Å². The van der Waals surface area contributed by atoms with E-state index in [1.807, 2.05) is 0 Å². The SMILES string of the molecule is C1=N[SeH]=N[SeH]=N1. The molecular formula is CH3N3Se2. The molecule has 0 radical (unpaired) electrons. The van der Waals surface area contributed by atoms with Crippen molar-refractivity contribution in [1.82, 2.24) is 0 Å². The topological polar surface area (TPSA) is 37.1 Å². The third kappa shape index (κ3) is 1.19. The molecule has 5 heteroatoms. The molecular weight excluding hydrogens is 212 g/mol. The Balaban J connectivity index is 2.77. The average Bonchev–Trinajstić information content (AvgIpc) is 1.72. The normalized spacial score (nSPS) is 18.7. The van der Waals surface area contributed by atoms with Crippen LogP contribution in [0.25, 0.3) is 0 Å². The summed E-state index contributed by atoms with van der Waals surface area (Å²) < 4.78 is 11.7. The zero-order chi connectivity index (χ0) is 4.24. The molecule has 1 heterocycles. The summed E-state index contributed by atoms with van der Waals surface area (Å²) in [6.07, 6.45) is 1.63.